The molecule has 3 unspecified atom stereocenters. The highest BCUT2D eigenvalue weighted by Gasteiger charge is 2.47. The van der Waals surface area contributed by atoms with Crippen LogP contribution in [-0.2, 0) is 6.42 Å². The van der Waals surface area contributed by atoms with Crippen LogP contribution in [0.25, 0.3) is 5.65 Å². The van der Waals surface area contributed by atoms with E-state index in [2.05, 4.69) is 9.88 Å². The second kappa shape index (κ2) is 9.04. The van der Waals surface area contributed by atoms with E-state index in [0.29, 0.717) is 17.5 Å². The number of benzene rings is 1. The third-order valence-electron chi connectivity index (χ3n) is 6.65. The van der Waals surface area contributed by atoms with Gasteiger partial charge in [-0.1, -0.05) is 18.2 Å². The van der Waals surface area contributed by atoms with E-state index in [9.17, 15) is 9.18 Å². The molecule has 5 rings (SSSR count). The van der Waals surface area contributed by atoms with Gasteiger partial charge in [-0.15, -0.1) is 24.8 Å². The van der Waals surface area contributed by atoms with Gasteiger partial charge in [-0.25, -0.2) is 9.37 Å². The third kappa shape index (κ3) is 3.98. The van der Waals surface area contributed by atoms with Crippen LogP contribution in [0.5, 0.6) is 0 Å². The summed E-state index contributed by atoms with van der Waals surface area (Å²) in [5.74, 6) is 1.76. The van der Waals surface area contributed by atoms with Crippen molar-refractivity contribution in [3.8, 4) is 0 Å². The minimum Gasteiger partial charge on any atom is -0.302 e. The Bertz CT molecular complexity index is 1090. The number of halogens is 3. The van der Waals surface area contributed by atoms with Gasteiger partial charge in [0.1, 0.15) is 11.5 Å². The van der Waals surface area contributed by atoms with E-state index in [1.807, 2.05) is 37.3 Å². The van der Waals surface area contributed by atoms with Crippen molar-refractivity contribution in [1.82, 2.24) is 14.3 Å². The van der Waals surface area contributed by atoms with E-state index in [-0.39, 0.29) is 36.2 Å². The summed E-state index contributed by atoms with van der Waals surface area (Å²) in [6, 6.07) is 12.6. The highest BCUT2D eigenvalue weighted by molar-refractivity contribution is 5.85. The number of hydrogen-bond acceptors (Lipinski definition) is 3. The minimum absolute atomic E-state index is 0. The van der Waals surface area contributed by atoms with Gasteiger partial charge in [-0.2, -0.15) is 0 Å². The Labute approximate surface area is 188 Å². The van der Waals surface area contributed by atoms with Crippen LogP contribution in [0, 0.1) is 24.6 Å². The van der Waals surface area contributed by atoms with Crippen molar-refractivity contribution in [3.63, 3.8) is 0 Å². The Morgan fingerprint density at radius 2 is 1.87 bits per heavy atom. The zero-order valence-electron chi connectivity index (χ0n) is 16.8. The number of aromatic nitrogens is 2. The lowest BCUT2D eigenvalue weighted by Crippen LogP contribution is -2.33. The van der Waals surface area contributed by atoms with Crippen molar-refractivity contribution in [2.24, 2.45) is 11.8 Å². The minimum atomic E-state index is -0.168. The molecule has 1 saturated carbocycles. The molecule has 0 radical (unpaired) electrons. The van der Waals surface area contributed by atoms with Crippen molar-refractivity contribution in [1.29, 1.82) is 0 Å². The first-order chi connectivity index (χ1) is 13.6. The normalized spacial score (nSPS) is 22.7. The molecule has 1 aromatic carbocycles. The molecule has 0 amide bonds. The van der Waals surface area contributed by atoms with Crippen molar-refractivity contribution in [2.75, 3.05) is 19.6 Å². The first kappa shape index (κ1) is 22.7. The lowest BCUT2D eigenvalue weighted by Gasteiger charge is -2.40. The molecule has 0 N–H and O–H groups in total. The Hall–Kier alpha value is -1.95. The fourth-order valence-electron chi connectivity index (χ4n) is 5.07. The monoisotopic (exact) mass is 449 g/mol. The van der Waals surface area contributed by atoms with Crippen LogP contribution in [-0.4, -0.2) is 33.9 Å². The van der Waals surface area contributed by atoms with Gasteiger partial charge in [0.25, 0.3) is 5.56 Å². The summed E-state index contributed by atoms with van der Waals surface area (Å²) in [5.41, 5.74) is 3.67. The topological polar surface area (TPSA) is 37.6 Å². The largest absolute Gasteiger partial charge is 0.302 e. The molecular formula is C23H26Cl2FN3O. The average molecular weight is 450 g/mol. The lowest BCUT2D eigenvalue weighted by atomic mass is 9.64. The second-order valence-electron chi connectivity index (χ2n) is 8.24. The van der Waals surface area contributed by atoms with Crippen molar-refractivity contribution in [2.45, 2.75) is 25.7 Å². The summed E-state index contributed by atoms with van der Waals surface area (Å²) < 4.78 is 14.8. The fourth-order valence-corrected chi connectivity index (χ4v) is 5.07. The molecule has 1 aliphatic heterocycles. The Morgan fingerprint density at radius 1 is 1.10 bits per heavy atom. The molecule has 160 valence electrons. The number of nitrogens with zero attached hydrogens (tertiary/aromatic N) is 3. The Morgan fingerprint density at radius 3 is 2.63 bits per heavy atom. The maximum atomic E-state index is 13.2. The van der Waals surface area contributed by atoms with Gasteiger partial charge in [-0.3, -0.25) is 9.20 Å². The van der Waals surface area contributed by atoms with Crippen LogP contribution in [0.4, 0.5) is 4.39 Å². The molecule has 3 heterocycles. The smallest absolute Gasteiger partial charge is 0.261 e. The molecule has 3 atom stereocenters. The third-order valence-corrected chi connectivity index (χ3v) is 6.65. The zero-order chi connectivity index (χ0) is 19.3. The number of aryl methyl sites for hydroxylation is 1. The van der Waals surface area contributed by atoms with Crippen LogP contribution < -0.4 is 5.56 Å². The van der Waals surface area contributed by atoms with Crippen LogP contribution >= 0.6 is 24.8 Å². The summed E-state index contributed by atoms with van der Waals surface area (Å²) in [6.07, 6.45) is 3.71. The van der Waals surface area contributed by atoms with E-state index in [1.54, 1.807) is 22.7 Å². The molecule has 1 aliphatic carbocycles. The molecule has 1 saturated heterocycles. The van der Waals surface area contributed by atoms with Crippen LogP contribution in [0.2, 0.25) is 0 Å². The molecule has 3 aromatic rings. The summed E-state index contributed by atoms with van der Waals surface area (Å²) in [5, 5.41) is 0. The molecule has 0 spiro atoms. The Balaban J connectivity index is 0.00000128. The van der Waals surface area contributed by atoms with Crippen molar-refractivity contribution < 1.29 is 4.39 Å². The van der Waals surface area contributed by atoms with E-state index in [4.69, 9.17) is 0 Å². The summed E-state index contributed by atoms with van der Waals surface area (Å²) in [6.45, 7) is 4.99. The van der Waals surface area contributed by atoms with Crippen molar-refractivity contribution in [3.05, 3.63) is 81.7 Å². The van der Waals surface area contributed by atoms with Gasteiger partial charge in [0.2, 0.25) is 0 Å². The average Bonchev–Trinajstić information content (AvgIpc) is 2.99. The van der Waals surface area contributed by atoms with Crippen molar-refractivity contribution >= 4 is 30.5 Å². The summed E-state index contributed by atoms with van der Waals surface area (Å²) in [4.78, 5) is 19.9. The van der Waals surface area contributed by atoms with Gasteiger partial charge < -0.3 is 4.90 Å². The summed E-state index contributed by atoms with van der Waals surface area (Å²) >= 11 is 0. The maximum Gasteiger partial charge on any atom is 0.261 e. The SMILES string of the molecule is Cc1nc2ccccn2c(=O)c1CCN1CC2CC(c3ccc(F)cc3)C2C1.Cl.Cl. The van der Waals surface area contributed by atoms with Crippen LogP contribution in [0.3, 0.4) is 0 Å². The van der Waals surface area contributed by atoms with Gasteiger partial charge in [-0.05, 0) is 67.3 Å². The number of fused-ring (bicyclic) bond motifs is 2. The number of likely N-dealkylation sites (tertiary alicyclic amines) is 1. The predicted octanol–water partition coefficient (Wildman–Crippen LogP) is 4.26. The van der Waals surface area contributed by atoms with Crippen LogP contribution in [0.1, 0.15) is 29.2 Å². The molecule has 2 fully saturated rings. The zero-order valence-corrected chi connectivity index (χ0v) is 18.5. The Kier molecular flexibility index (Phi) is 6.85. The second-order valence-corrected chi connectivity index (χ2v) is 8.24. The molecule has 7 heteroatoms. The summed E-state index contributed by atoms with van der Waals surface area (Å²) in [7, 11) is 0. The number of rotatable bonds is 4. The maximum absolute atomic E-state index is 13.2. The number of hydrogen-bond donors (Lipinski definition) is 0. The van der Waals surface area contributed by atoms with E-state index < -0.39 is 0 Å². The standard InChI is InChI=1S/C23H24FN3O.2ClH/c1-15-19(23(28)27-10-3-2-4-22(27)25-15)9-11-26-13-17-12-20(21(17)14-26)16-5-7-18(24)8-6-16;;/h2-8,10,17,20-21H,9,11-14H2,1H3;2*1H. The lowest BCUT2D eigenvalue weighted by molar-refractivity contribution is 0.191. The van der Waals surface area contributed by atoms with E-state index >= 15 is 0 Å². The van der Waals surface area contributed by atoms with E-state index in [0.717, 1.165) is 43.2 Å². The highest BCUT2D eigenvalue weighted by Crippen LogP contribution is 2.51. The van der Waals surface area contributed by atoms with Gasteiger partial charge in [0, 0.05) is 37.1 Å². The molecule has 0 bridgehead atoms. The highest BCUT2D eigenvalue weighted by atomic mass is 35.5. The van der Waals surface area contributed by atoms with E-state index in [1.165, 1.54) is 12.0 Å². The number of pyridine rings is 1. The predicted molar refractivity (Wildman–Crippen MR) is 122 cm³/mol. The van der Waals surface area contributed by atoms with Crippen LogP contribution in [0.15, 0.2) is 53.5 Å². The first-order valence-electron chi connectivity index (χ1n) is 10.0. The quantitative estimate of drug-likeness (QED) is 0.596. The van der Waals surface area contributed by atoms with Gasteiger partial charge in [0.15, 0.2) is 0 Å². The molecule has 4 nitrogen and oxygen atoms in total. The molecular weight excluding hydrogens is 424 g/mol. The molecule has 30 heavy (non-hydrogen) atoms. The first-order valence-corrected chi connectivity index (χ1v) is 10.0. The molecule has 2 aromatic heterocycles. The molecule has 2 aliphatic rings. The van der Waals surface area contributed by atoms with Gasteiger partial charge in [0.05, 0.1) is 0 Å². The van der Waals surface area contributed by atoms with Gasteiger partial charge >= 0.3 is 0 Å². The fraction of sp³-hybridized carbons (Fsp3) is 0.391.